The average Bonchev–Trinajstić information content (AvgIpc) is 3.14. The molecule has 0 saturated carbocycles. The van der Waals surface area contributed by atoms with Crippen LogP contribution in [0.5, 0.6) is 5.75 Å². The van der Waals surface area contributed by atoms with E-state index in [1.165, 1.54) is 10.5 Å². The van der Waals surface area contributed by atoms with Crippen LogP contribution in [0.2, 0.25) is 0 Å². The van der Waals surface area contributed by atoms with Gasteiger partial charge in [0.25, 0.3) is 5.56 Å². The van der Waals surface area contributed by atoms with Gasteiger partial charge < -0.3 is 9.64 Å². The first-order valence-corrected chi connectivity index (χ1v) is 10.1. The third-order valence-electron chi connectivity index (χ3n) is 4.90. The molecule has 0 N–H and O–H groups in total. The van der Waals surface area contributed by atoms with Gasteiger partial charge in [-0.15, -0.1) is 0 Å². The van der Waals surface area contributed by atoms with Crippen LogP contribution in [0.1, 0.15) is 24.7 Å². The highest BCUT2D eigenvalue weighted by Gasteiger charge is 2.12. The summed E-state index contributed by atoms with van der Waals surface area (Å²) in [6.07, 6.45) is 5.29. The number of hydrogen-bond acceptors (Lipinski definition) is 6. The molecule has 8 nitrogen and oxygen atoms in total. The van der Waals surface area contributed by atoms with E-state index in [1.54, 1.807) is 12.3 Å². The molecule has 30 heavy (non-hydrogen) atoms. The van der Waals surface area contributed by atoms with Gasteiger partial charge in [0, 0.05) is 12.6 Å². The smallest absolute Gasteiger partial charge is 0.258 e. The Morgan fingerprint density at radius 1 is 1.10 bits per heavy atom. The fourth-order valence-corrected chi connectivity index (χ4v) is 3.44. The van der Waals surface area contributed by atoms with E-state index >= 15 is 0 Å². The van der Waals surface area contributed by atoms with Crippen LogP contribution in [-0.4, -0.2) is 56.1 Å². The third kappa shape index (κ3) is 4.04. The maximum Gasteiger partial charge on any atom is 0.258 e. The van der Waals surface area contributed by atoms with Gasteiger partial charge in [0.05, 0.1) is 41.6 Å². The van der Waals surface area contributed by atoms with Crippen molar-refractivity contribution in [2.45, 2.75) is 26.7 Å². The van der Waals surface area contributed by atoms with Crippen LogP contribution in [0.4, 0.5) is 0 Å². The maximum atomic E-state index is 12.8. The predicted molar refractivity (Wildman–Crippen MR) is 116 cm³/mol. The molecule has 8 heteroatoms. The van der Waals surface area contributed by atoms with Crippen LogP contribution in [0, 0.1) is 6.92 Å². The Labute approximate surface area is 174 Å². The predicted octanol–water partition coefficient (Wildman–Crippen LogP) is 2.61. The molecule has 0 bridgehead atoms. The number of pyridine rings is 1. The highest BCUT2D eigenvalue weighted by atomic mass is 16.5. The molecule has 0 aromatic carbocycles. The zero-order valence-electron chi connectivity index (χ0n) is 17.8. The minimum absolute atomic E-state index is 0.171. The lowest BCUT2D eigenvalue weighted by Gasteiger charge is -2.11. The molecule has 0 aliphatic carbocycles. The SMILES string of the molecule is CCc1nc(C)cn2nc(-c3cc(=O)n4cc(OCCCN(C)C)ccc4n3)cc12. The van der Waals surface area contributed by atoms with Crippen molar-refractivity contribution in [3.8, 4) is 17.1 Å². The molecule has 0 aliphatic rings. The molecule has 0 spiro atoms. The number of rotatable bonds is 7. The molecule has 0 fully saturated rings. The first kappa shape index (κ1) is 20.0. The Kier molecular flexibility index (Phi) is 5.50. The minimum Gasteiger partial charge on any atom is -0.492 e. The standard InChI is InChI=1S/C22H26N6O2/c1-5-17-20-11-19(25-28(20)13-15(2)23-17)18-12-22(29)27-14-16(7-8-21(27)24-18)30-10-6-9-26(3)4/h7-8,11-14H,5-6,9-10H2,1-4H3. The van der Waals surface area contributed by atoms with Crippen molar-refractivity contribution in [3.05, 3.63) is 58.4 Å². The van der Waals surface area contributed by atoms with Crippen molar-refractivity contribution < 1.29 is 4.74 Å². The van der Waals surface area contributed by atoms with E-state index in [2.05, 4.69) is 26.9 Å². The summed E-state index contributed by atoms with van der Waals surface area (Å²) in [5.74, 6) is 0.653. The summed E-state index contributed by atoms with van der Waals surface area (Å²) in [5, 5.41) is 4.62. The Morgan fingerprint density at radius 3 is 2.70 bits per heavy atom. The molecule has 0 saturated heterocycles. The fraction of sp³-hybridized carbons (Fsp3) is 0.364. The van der Waals surface area contributed by atoms with Crippen molar-refractivity contribution in [2.75, 3.05) is 27.2 Å². The van der Waals surface area contributed by atoms with Crippen LogP contribution >= 0.6 is 0 Å². The van der Waals surface area contributed by atoms with Crippen LogP contribution in [0.15, 0.2) is 41.5 Å². The molecule has 4 heterocycles. The molecule has 0 unspecified atom stereocenters. The largest absolute Gasteiger partial charge is 0.492 e. The van der Waals surface area contributed by atoms with E-state index in [1.807, 2.05) is 43.9 Å². The summed E-state index contributed by atoms with van der Waals surface area (Å²) in [6, 6.07) is 7.08. The molecular formula is C22H26N6O2. The maximum absolute atomic E-state index is 12.8. The quantitative estimate of drug-likeness (QED) is 0.439. The number of nitrogens with zero attached hydrogens (tertiary/aromatic N) is 6. The fourth-order valence-electron chi connectivity index (χ4n) is 3.44. The molecule has 4 aromatic rings. The molecule has 0 atom stereocenters. The molecule has 0 amide bonds. The second kappa shape index (κ2) is 8.23. The summed E-state index contributed by atoms with van der Waals surface area (Å²) in [5.41, 5.74) is 4.39. The number of aryl methyl sites for hydroxylation is 2. The number of fused-ring (bicyclic) bond motifs is 2. The number of ether oxygens (including phenoxy) is 1. The zero-order chi connectivity index (χ0) is 21.3. The van der Waals surface area contributed by atoms with E-state index in [9.17, 15) is 4.79 Å². The van der Waals surface area contributed by atoms with E-state index in [0.29, 0.717) is 29.4 Å². The van der Waals surface area contributed by atoms with Crippen molar-refractivity contribution in [1.29, 1.82) is 0 Å². The first-order chi connectivity index (χ1) is 14.4. The summed E-state index contributed by atoms with van der Waals surface area (Å²) in [6.45, 7) is 5.56. The number of aromatic nitrogens is 5. The van der Waals surface area contributed by atoms with Gasteiger partial charge in [-0.2, -0.15) is 5.10 Å². The highest BCUT2D eigenvalue weighted by Crippen LogP contribution is 2.20. The Morgan fingerprint density at radius 2 is 1.93 bits per heavy atom. The van der Waals surface area contributed by atoms with Crippen LogP contribution in [0.3, 0.4) is 0 Å². The van der Waals surface area contributed by atoms with Crippen molar-refractivity contribution in [1.82, 2.24) is 28.9 Å². The third-order valence-corrected chi connectivity index (χ3v) is 4.90. The van der Waals surface area contributed by atoms with Gasteiger partial charge in [-0.25, -0.2) is 9.50 Å². The molecule has 4 rings (SSSR count). The van der Waals surface area contributed by atoms with Crippen LogP contribution in [-0.2, 0) is 6.42 Å². The minimum atomic E-state index is -0.171. The van der Waals surface area contributed by atoms with Crippen molar-refractivity contribution in [3.63, 3.8) is 0 Å². The molecule has 4 aromatic heterocycles. The molecule has 156 valence electrons. The lowest BCUT2D eigenvalue weighted by molar-refractivity contribution is 0.280. The normalized spacial score (nSPS) is 11.6. The number of hydrogen-bond donors (Lipinski definition) is 0. The average molecular weight is 406 g/mol. The Bertz CT molecular complexity index is 1260. The van der Waals surface area contributed by atoms with Gasteiger partial charge in [0.1, 0.15) is 17.1 Å². The lowest BCUT2D eigenvalue weighted by Crippen LogP contribution is -2.16. The Hall–Kier alpha value is -3.26. The summed E-state index contributed by atoms with van der Waals surface area (Å²) < 4.78 is 9.09. The van der Waals surface area contributed by atoms with Crippen molar-refractivity contribution in [2.24, 2.45) is 0 Å². The van der Waals surface area contributed by atoms with E-state index in [4.69, 9.17) is 4.74 Å². The van der Waals surface area contributed by atoms with E-state index < -0.39 is 0 Å². The van der Waals surface area contributed by atoms with E-state index in [0.717, 1.165) is 36.3 Å². The molecular weight excluding hydrogens is 380 g/mol. The van der Waals surface area contributed by atoms with Gasteiger partial charge >= 0.3 is 0 Å². The van der Waals surface area contributed by atoms with Gasteiger partial charge in [-0.1, -0.05) is 6.92 Å². The summed E-state index contributed by atoms with van der Waals surface area (Å²) in [7, 11) is 4.06. The van der Waals surface area contributed by atoms with Crippen LogP contribution in [0.25, 0.3) is 22.6 Å². The molecule has 0 aliphatic heterocycles. The van der Waals surface area contributed by atoms with Gasteiger partial charge in [0.2, 0.25) is 0 Å². The molecule has 0 radical (unpaired) electrons. The van der Waals surface area contributed by atoms with Crippen molar-refractivity contribution >= 4 is 11.2 Å². The summed E-state index contributed by atoms with van der Waals surface area (Å²) in [4.78, 5) is 24.1. The lowest BCUT2D eigenvalue weighted by atomic mass is 10.2. The Balaban J connectivity index is 1.66. The topological polar surface area (TPSA) is 77.0 Å². The van der Waals surface area contributed by atoms with Gasteiger partial charge in [-0.3, -0.25) is 14.2 Å². The van der Waals surface area contributed by atoms with Gasteiger partial charge in [-0.05, 0) is 52.1 Å². The second-order valence-corrected chi connectivity index (χ2v) is 7.62. The monoisotopic (exact) mass is 406 g/mol. The summed E-state index contributed by atoms with van der Waals surface area (Å²) >= 11 is 0. The second-order valence-electron chi connectivity index (χ2n) is 7.62. The van der Waals surface area contributed by atoms with Gasteiger partial charge in [0.15, 0.2) is 0 Å². The first-order valence-electron chi connectivity index (χ1n) is 10.1. The van der Waals surface area contributed by atoms with Crippen LogP contribution < -0.4 is 10.3 Å². The zero-order valence-corrected chi connectivity index (χ0v) is 17.8. The van der Waals surface area contributed by atoms with E-state index in [-0.39, 0.29) is 5.56 Å². The highest BCUT2D eigenvalue weighted by molar-refractivity contribution is 5.66.